The summed E-state index contributed by atoms with van der Waals surface area (Å²) in [5.41, 5.74) is 5.82. The first-order valence-corrected chi connectivity index (χ1v) is 10.5. The fourth-order valence-corrected chi connectivity index (χ4v) is 3.38. The van der Waals surface area contributed by atoms with E-state index in [1.807, 2.05) is 0 Å². The number of benzene rings is 3. The molecule has 168 valence electrons. The molecule has 3 aromatic carbocycles. The molecule has 0 aliphatic heterocycles. The van der Waals surface area contributed by atoms with Crippen LogP contribution in [0.15, 0.2) is 60.7 Å². The van der Waals surface area contributed by atoms with E-state index < -0.39 is 16.8 Å². The molecule has 0 saturated heterocycles. The van der Waals surface area contributed by atoms with Gasteiger partial charge in [0.25, 0.3) is 5.69 Å². The highest BCUT2D eigenvalue weighted by molar-refractivity contribution is 5.68. The highest BCUT2D eigenvalue weighted by atomic mass is 19.1. The molecule has 3 aromatic rings. The van der Waals surface area contributed by atoms with E-state index in [-0.39, 0.29) is 24.6 Å². The Balaban J connectivity index is 1.41. The third-order valence-corrected chi connectivity index (χ3v) is 5.40. The second kappa shape index (κ2) is 10.8. The van der Waals surface area contributed by atoms with Crippen molar-refractivity contribution in [3.05, 3.63) is 93.3 Å². The normalized spacial score (nSPS) is 11.9. The zero-order chi connectivity index (χ0) is 23.1. The number of aliphatic hydroxyl groups is 1. The molecule has 0 heterocycles. The SMILES string of the molecule is Cc1cccc(-c2ccc(CCNCC(O)COc3ccc([N+](=O)[O-])cc3F)cc2)c1C. The lowest BCUT2D eigenvalue weighted by molar-refractivity contribution is -0.385. The Labute approximate surface area is 186 Å². The Bertz CT molecular complexity index is 1070. The number of rotatable bonds is 10. The van der Waals surface area contributed by atoms with Crippen molar-refractivity contribution >= 4 is 5.69 Å². The molecular formula is C25H27FN2O4. The lowest BCUT2D eigenvalue weighted by Crippen LogP contribution is -2.32. The van der Waals surface area contributed by atoms with Gasteiger partial charge in [-0.05, 0) is 60.7 Å². The van der Waals surface area contributed by atoms with Crippen LogP contribution in [0.5, 0.6) is 5.75 Å². The van der Waals surface area contributed by atoms with E-state index in [0.29, 0.717) is 6.54 Å². The predicted molar refractivity (Wildman–Crippen MR) is 122 cm³/mol. The summed E-state index contributed by atoms with van der Waals surface area (Å²) in [5.74, 6) is -0.956. The first-order chi connectivity index (χ1) is 15.3. The first kappa shape index (κ1) is 23.4. The summed E-state index contributed by atoms with van der Waals surface area (Å²) in [7, 11) is 0. The van der Waals surface area contributed by atoms with Gasteiger partial charge in [0.1, 0.15) is 12.7 Å². The molecule has 0 bridgehead atoms. The Kier molecular flexibility index (Phi) is 7.92. The summed E-state index contributed by atoms with van der Waals surface area (Å²) >= 11 is 0. The fraction of sp³-hybridized carbons (Fsp3) is 0.280. The molecule has 0 fully saturated rings. The molecular weight excluding hydrogens is 411 g/mol. The summed E-state index contributed by atoms with van der Waals surface area (Å²) < 4.78 is 19.0. The molecule has 0 aliphatic carbocycles. The minimum Gasteiger partial charge on any atom is -0.488 e. The molecule has 6 nitrogen and oxygen atoms in total. The maximum Gasteiger partial charge on any atom is 0.272 e. The molecule has 7 heteroatoms. The summed E-state index contributed by atoms with van der Waals surface area (Å²) in [6, 6.07) is 17.9. The number of halogens is 1. The molecule has 2 N–H and O–H groups in total. The quantitative estimate of drug-likeness (QED) is 0.275. The number of hydrogen-bond acceptors (Lipinski definition) is 5. The Morgan fingerprint density at radius 2 is 1.88 bits per heavy atom. The lowest BCUT2D eigenvalue weighted by Gasteiger charge is -2.14. The number of ether oxygens (including phenoxy) is 1. The van der Waals surface area contributed by atoms with Crippen molar-refractivity contribution in [2.75, 3.05) is 19.7 Å². The molecule has 32 heavy (non-hydrogen) atoms. The number of aryl methyl sites for hydroxylation is 1. The van der Waals surface area contributed by atoms with Crippen molar-refractivity contribution in [1.82, 2.24) is 5.32 Å². The molecule has 0 amide bonds. The van der Waals surface area contributed by atoms with E-state index in [0.717, 1.165) is 18.6 Å². The summed E-state index contributed by atoms with van der Waals surface area (Å²) in [5, 5.41) is 23.8. The maximum atomic E-state index is 13.8. The molecule has 3 rings (SSSR count). The van der Waals surface area contributed by atoms with Gasteiger partial charge in [-0.2, -0.15) is 0 Å². The van der Waals surface area contributed by atoms with Crippen LogP contribution >= 0.6 is 0 Å². The van der Waals surface area contributed by atoms with Gasteiger partial charge in [0.15, 0.2) is 11.6 Å². The zero-order valence-electron chi connectivity index (χ0n) is 18.2. The summed E-state index contributed by atoms with van der Waals surface area (Å²) in [6.45, 7) is 5.08. The van der Waals surface area contributed by atoms with Crippen LogP contribution in [-0.4, -0.2) is 35.8 Å². The second-order valence-corrected chi connectivity index (χ2v) is 7.74. The van der Waals surface area contributed by atoms with Crippen molar-refractivity contribution in [1.29, 1.82) is 0 Å². The van der Waals surface area contributed by atoms with Gasteiger partial charge < -0.3 is 15.2 Å². The topological polar surface area (TPSA) is 84.6 Å². The number of nitro benzene ring substituents is 1. The van der Waals surface area contributed by atoms with E-state index in [9.17, 15) is 19.6 Å². The van der Waals surface area contributed by atoms with Crippen LogP contribution < -0.4 is 10.1 Å². The van der Waals surface area contributed by atoms with E-state index in [4.69, 9.17) is 4.74 Å². The average molecular weight is 438 g/mol. The van der Waals surface area contributed by atoms with Crippen LogP contribution in [0.3, 0.4) is 0 Å². The van der Waals surface area contributed by atoms with Gasteiger partial charge in [0.05, 0.1) is 11.0 Å². The lowest BCUT2D eigenvalue weighted by atomic mass is 9.96. The van der Waals surface area contributed by atoms with Gasteiger partial charge >= 0.3 is 0 Å². The maximum absolute atomic E-state index is 13.8. The number of nitrogens with zero attached hydrogens (tertiary/aromatic N) is 1. The van der Waals surface area contributed by atoms with Gasteiger partial charge in [-0.3, -0.25) is 10.1 Å². The van der Waals surface area contributed by atoms with Gasteiger partial charge in [0, 0.05) is 12.6 Å². The fourth-order valence-electron chi connectivity index (χ4n) is 3.38. The minimum absolute atomic E-state index is 0.119. The van der Waals surface area contributed by atoms with E-state index in [1.165, 1.54) is 33.9 Å². The Morgan fingerprint density at radius 1 is 1.12 bits per heavy atom. The van der Waals surface area contributed by atoms with Crippen LogP contribution in [0.1, 0.15) is 16.7 Å². The van der Waals surface area contributed by atoms with Crippen molar-refractivity contribution in [2.45, 2.75) is 26.4 Å². The molecule has 1 atom stereocenters. The average Bonchev–Trinajstić information content (AvgIpc) is 2.78. The second-order valence-electron chi connectivity index (χ2n) is 7.74. The van der Waals surface area contributed by atoms with Crippen molar-refractivity contribution in [3.63, 3.8) is 0 Å². The van der Waals surface area contributed by atoms with E-state index in [2.05, 4.69) is 61.6 Å². The third kappa shape index (κ3) is 6.12. The Morgan fingerprint density at radius 3 is 2.56 bits per heavy atom. The van der Waals surface area contributed by atoms with Crippen molar-refractivity contribution in [3.8, 4) is 16.9 Å². The van der Waals surface area contributed by atoms with Crippen molar-refractivity contribution < 1.29 is 19.2 Å². The number of nitro groups is 1. The van der Waals surface area contributed by atoms with Crippen LogP contribution in [-0.2, 0) is 6.42 Å². The van der Waals surface area contributed by atoms with E-state index >= 15 is 0 Å². The Hall–Kier alpha value is -3.29. The van der Waals surface area contributed by atoms with Gasteiger partial charge in [0.2, 0.25) is 0 Å². The molecule has 0 radical (unpaired) electrons. The molecule has 0 aromatic heterocycles. The number of aliphatic hydroxyl groups excluding tert-OH is 1. The number of nitrogens with one attached hydrogen (secondary N) is 1. The van der Waals surface area contributed by atoms with Crippen LogP contribution in [0.4, 0.5) is 10.1 Å². The third-order valence-electron chi connectivity index (χ3n) is 5.40. The van der Waals surface area contributed by atoms with Crippen molar-refractivity contribution in [2.24, 2.45) is 0 Å². The highest BCUT2D eigenvalue weighted by Gasteiger charge is 2.13. The highest BCUT2D eigenvalue weighted by Crippen LogP contribution is 2.26. The molecule has 1 unspecified atom stereocenters. The monoisotopic (exact) mass is 438 g/mol. The van der Waals surface area contributed by atoms with Gasteiger partial charge in [-0.1, -0.05) is 42.5 Å². The first-order valence-electron chi connectivity index (χ1n) is 10.5. The standard InChI is InChI=1S/C25H27FN2O4/c1-17-4-3-5-23(18(17)2)20-8-6-19(7-9-20)12-13-27-15-22(29)16-32-25-11-10-21(28(30)31)14-24(25)26/h3-11,14,22,27,29H,12-13,15-16H2,1-2H3. The zero-order valence-corrected chi connectivity index (χ0v) is 18.2. The minimum atomic E-state index is -0.837. The number of hydrogen-bond donors (Lipinski definition) is 2. The summed E-state index contributed by atoms with van der Waals surface area (Å²) in [6.07, 6.45) is -0.0336. The van der Waals surface area contributed by atoms with E-state index in [1.54, 1.807) is 0 Å². The molecule has 0 aliphatic rings. The van der Waals surface area contributed by atoms with Gasteiger partial charge in [-0.25, -0.2) is 4.39 Å². The van der Waals surface area contributed by atoms with Crippen LogP contribution in [0.25, 0.3) is 11.1 Å². The molecule has 0 saturated carbocycles. The van der Waals surface area contributed by atoms with Gasteiger partial charge in [-0.15, -0.1) is 0 Å². The molecule has 0 spiro atoms. The van der Waals surface area contributed by atoms with Crippen LogP contribution in [0.2, 0.25) is 0 Å². The summed E-state index contributed by atoms with van der Waals surface area (Å²) in [4.78, 5) is 9.96. The van der Waals surface area contributed by atoms with Crippen LogP contribution in [0, 0.1) is 29.8 Å². The predicted octanol–water partition coefficient (Wildman–Crippen LogP) is 4.59. The largest absolute Gasteiger partial charge is 0.488 e. The number of non-ortho nitro benzene ring substituents is 1. The smallest absolute Gasteiger partial charge is 0.272 e.